The second-order valence-corrected chi connectivity index (χ2v) is 3.87. The van der Waals surface area contributed by atoms with Gasteiger partial charge in [-0.25, -0.2) is 0 Å². The van der Waals surface area contributed by atoms with E-state index in [2.05, 4.69) is 20.6 Å². The van der Waals surface area contributed by atoms with Gasteiger partial charge in [-0.05, 0) is 24.1 Å². The van der Waals surface area contributed by atoms with E-state index in [1.54, 1.807) is 29.5 Å². The largest absolute Gasteiger partial charge is 0.354 e. The minimum absolute atomic E-state index is 0.0481. The van der Waals surface area contributed by atoms with E-state index in [4.69, 9.17) is 0 Å². The van der Waals surface area contributed by atoms with Crippen LogP contribution in [0.3, 0.4) is 0 Å². The standard InChI is InChI=1S/C12H15N5O/c18-12(2-1-11-3-5-13-6-4-11)14-7-9-17-10-8-15-16-17/h3-6,8,10H,1-2,7,9H2,(H,14,18). The van der Waals surface area contributed by atoms with E-state index in [1.165, 1.54) is 0 Å². The molecule has 0 aromatic carbocycles. The fourth-order valence-corrected chi connectivity index (χ4v) is 1.56. The van der Waals surface area contributed by atoms with E-state index in [9.17, 15) is 4.79 Å². The van der Waals surface area contributed by atoms with Crippen LogP contribution < -0.4 is 5.32 Å². The number of carbonyl (C=O) groups excluding carboxylic acids is 1. The van der Waals surface area contributed by atoms with Crippen LogP contribution in [0.1, 0.15) is 12.0 Å². The summed E-state index contributed by atoms with van der Waals surface area (Å²) in [5.74, 6) is 0.0481. The van der Waals surface area contributed by atoms with Gasteiger partial charge < -0.3 is 5.32 Å². The number of pyridine rings is 1. The molecule has 2 aromatic rings. The Bertz CT molecular complexity index is 468. The molecule has 0 unspecified atom stereocenters. The second-order valence-electron chi connectivity index (χ2n) is 3.87. The topological polar surface area (TPSA) is 72.7 Å². The molecule has 1 N–H and O–H groups in total. The van der Waals surface area contributed by atoms with Crippen molar-refractivity contribution in [3.05, 3.63) is 42.5 Å². The van der Waals surface area contributed by atoms with Crippen LogP contribution in [0.5, 0.6) is 0 Å². The summed E-state index contributed by atoms with van der Waals surface area (Å²) < 4.78 is 1.68. The molecule has 1 amide bonds. The summed E-state index contributed by atoms with van der Waals surface area (Å²) in [4.78, 5) is 15.5. The third-order valence-corrected chi connectivity index (χ3v) is 2.53. The van der Waals surface area contributed by atoms with Crippen molar-refractivity contribution in [3.8, 4) is 0 Å². The molecule has 2 rings (SSSR count). The molecule has 18 heavy (non-hydrogen) atoms. The minimum Gasteiger partial charge on any atom is -0.354 e. The van der Waals surface area contributed by atoms with Crippen LogP contribution in [0.4, 0.5) is 0 Å². The van der Waals surface area contributed by atoms with Crippen molar-refractivity contribution in [2.45, 2.75) is 19.4 Å². The Kier molecular flexibility index (Phi) is 4.40. The maximum Gasteiger partial charge on any atom is 0.220 e. The molecule has 0 radical (unpaired) electrons. The van der Waals surface area contributed by atoms with Crippen molar-refractivity contribution < 1.29 is 4.79 Å². The molecule has 2 aromatic heterocycles. The molecular weight excluding hydrogens is 230 g/mol. The van der Waals surface area contributed by atoms with Crippen molar-refractivity contribution in [2.75, 3.05) is 6.54 Å². The van der Waals surface area contributed by atoms with Gasteiger partial charge in [0.2, 0.25) is 5.91 Å². The molecule has 0 aliphatic heterocycles. The summed E-state index contributed by atoms with van der Waals surface area (Å²) in [5.41, 5.74) is 1.12. The summed E-state index contributed by atoms with van der Waals surface area (Å²) in [6.45, 7) is 1.21. The van der Waals surface area contributed by atoms with E-state index in [-0.39, 0.29) is 5.91 Å². The van der Waals surface area contributed by atoms with Gasteiger partial charge in [0.05, 0.1) is 12.7 Å². The second kappa shape index (κ2) is 6.48. The van der Waals surface area contributed by atoms with Crippen LogP contribution in [-0.2, 0) is 17.8 Å². The Morgan fingerprint density at radius 2 is 2.11 bits per heavy atom. The molecule has 94 valence electrons. The predicted octanol–water partition coefficient (Wildman–Crippen LogP) is 0.422. The van der Waals surface area contributed by atoms with Crippen molar-refractivity contribution in [1.29, 1.82) is 0 Å². The number of hydrogen-bond acceptors (Lipinski definition) is 4. The lowest BCUT2D eigenvalue weighted by atomic mass is 10.1. The number of nitrogens with zero attached hydrogens (tertiary/aromatic N) is 4. The van der Waals surface area contributed by atoms with E-state index >= 15 is 0 Å². The van der Waals surface area contributed by atoms with Crippen LogP contribution in [0.25, 0.3) is 0 Å². The highest BCUT2D eigenvalue weighted by Gasteiger charge is 2.01. The zero-order valence-electron chi connectivity index (χ0n) is 9.99. The SMILES string of the molecule is O=C(CCc1ccncc1)NCCn1ccnn1. The van der Waals surface area contributed by atoms with Gasteiger partial charge in [-0.3, -0.25) is 14.5 Å². The summed E-state index contributed by atoms with van der Waals surface area (Å²) >= 11 is 0. The lowest BCUT2D eigenvalue weighted by molar-refractivity contribution is -0.121. The average Bonchev–Trinajstić information content (AvgIpc) is 2.91. The highest BCUT2D eigenvalue weighted by Crippen LogP contribution is 2.00. The molecule has 0 atom stereocenters. The first-order valence-electron chi connectivity index (χ1n) is 5.84. The molecule has 0 saturated heterocycles. The van der Waals surface area contributed by atoms with Gasteiger partial charge in [-0.15, -0.1) is 5.10 Å². The summed E-state index contributed by atoms with van der Waals surface area (Å²) in [7, 11) is 0. The van der Waals surface area contributed by atoms with Crippen LogP contribution in [-0.4, -0.2) is 32.4 Å². The molecule has 6 nitrogen and oxygen atoms in total. The average molecular weight is 245 g/mol. The molecule has 6 heteroatoms. The fraction of sp³-hybridized carbons (Fsp3) is 0.333. The van der Waals surface area contributed by atoms with E-state index in [1.807, 2.05) is 12.1 Å². The van der Waals surface area contributed by atoms with E-state index in [0.717, 1.165) is 12.0 Å². The molecule has 0 saturated carbocycles. The monoisotopic (exact) mass is 245 g/mol. The third kappa shape index (κ3) is 3.97. The Hall–Kier alpha value is -2.24. The fourth-order valence-electron chi connectivity index (χ4n) is 1.56. The number of aryl methyl sites for hydroxylation is 1. The zero-order valence-corrected chi connectivity index (χ0v) is 9.99. The smallest absolute Gasteiger partial charge is 0.220 e. The summed E-state index contributed by atoms with van der Waals surface area (Å²) in [6.07, 6.45) is 8.07. The van der Waals surface area contributed by atoms with Crippen molar-refractivity contribution in [2.24, 2.45) is 0 Å². The number of aromatic nitrogens is 4. The number of rotatable bonds is 6. The van der Waals surface area contributed by atoms with Gasteiger partial charge in [0.25, 0.3) is 0 Å². The Morgan fingerprint density at radius 1 is 1.28 bits per heavy atom. The zero-order chi connectivity index (χ0) is 12.6. The Morgan fingerprint density at radius 3 is 2.83 bits per heavy atom. The first-order valence-corrected chi connectivity index (χ1v) is 5.84. The normalized spacial score (nSPS) is 10.2. The minimum atomic E-state index is 0.0481. The first-order chi connectivity index (χ1) is 8.84. The number of hydrogen-bond donors (Lipinski definition) is 1. The van der Waals surface area contributed by atoms with Gasteiger partial charge in [-0.2, -0.15) is 0 Å². The quantitative estimate of drug-likeness (QED) is 0.800. The lowest BCUT2D eigenvalue weighted by Crippen LogP contribution is -2.27. The van der Waals surface area contributed by atoms with Crippen LogP contribution >= 0.6 is 0 Å². The van der Waals surface area contributed by atoms with Gasteiger partial charge in [-0.1, -0.05) is 5.21 Å². The maximum absolute atomic E-state index is 11.6. The Labute approximate surface area is 105 Å². The number of amides is 1. The molecule has 0 aliphatic rings. The first kappa shape index (κ1) is 12.2. The summed E-state index contributed by atoms with van der Waals surface area (Å²) in [6, 6.07) is 3.84. The number of carbonyl (C=O) groups is 1. The Balaban J connectivity index is 1.63. The van der Waals surface area contributed by atoms with E-state index < -0.39 is 0 Å². The lowest BCUT2D eigenvalue weighted by Gasteiger charge is -2.05. The maximum atomic E-state index is 11.6. The van der Waals surface area contributed by atoms with Crippen molar-refractivity contribution >= 4 is 5.91 Å². The highest BCUT2D eigenvalue weighted by molar-refractivity contribution is 5.76. The van der Waals surface area contributed by atoms with Gasteiger partial charge >= 0.3 is 0 Å². The van der Waals surface area contributed by atoms with Crippen molar-refractivity contribution in [1.82, 2.24) is 25.3 Å². The van der Waals surface area contributed by atoms with Crippen LogP contribution in [0.15, 0.2) is 36.9 Å². The van der Waals surface area contributed by atoms with Crippen molar-refractivity contribution in [3.63, 3.8) is 0 Å². The summed E-state index contributed by atoms with van der Waals surface area (Å²) in [5, 5.41) is 10.4. The van der Waals surface area contributed by atoms with E-state index in [0.29, 0.717) is 19.5 Å². The van der Waals surface area contributed by atoms with Gasteiger partial charge in [0.15, 0.2) is 0 Å². The highest BCUT2D eigenvalue weighted by atomic mass is 16.1. The number of nitrogens with one attached hydrogen (secondary N) is 1. The molecule has 0 fully saturated rings. The molecule has 2 heterocycles. The molecule has 0 aliphatic carbocycles. The third-order valence-electron chi connectivity index (χ3n) is 2.53. The molecular formula is C12H15N5O. The molecule has 0 spiro atoms. The van der Waals surface area contributed by atoms with Crippen LogP contribution in [0.2, 0.25) is 0 Å². The van der Waals surface area contributed by atoms with Gasteiger partial charge in [0, 0.05) is 31.6 Å². The molecule has 0 bridgehead atoms. The van der Waals surface area contributed by atoms with Gasteiger partial charge in [0.1, 0.15) is 0 Å². The van der Waals surface area contributed by atoms with Crippen LogP contribution in [0, 0.1) is 0 Å². The predicted molar refractivity (Wildman–Crippen MR) is 65.6 cm³/mol.